The van der Waals surface area contributed by atoms with E-state index in [1.807, 2.05) is 18.2 Å². The Morgan fingerprint density at radius 1 is 1.41 bits per heavy atom. The maximum atomic E-state index is 12.8. The normalized spacial score (nSPS) is 18.0. The number of hydrogen-bond donors (Lipinski definition) is 1. The Labute approximate surface area is 128 Å². The number of fused-ring (bicyclic) bond motifs is 1. The van der Waals surface area contributed by atoms with Gasteiger partial charge in [-0.15, -0.1) is 0 Å². The third kappa shape index (κ3) is 2.58. The molecular weight excluding hydrogens is 282 g/mol. The highest BCUT2D eigenvalue weighted by molar-refractivity contribution is 6.06. The summed E-state index contributed by atoms with van der Waals surface area (Å²) < 4.78 is 5.48. The summed E-state index contributed by atoms with van der Waals surface area (Å²) in [6, 6.07) is 5.63. The van der Waals surface area contributed by atoms with Gasteiger partial charge in [0, 0.05) is 18.0 Å². The quantitative estimate of drug-likeness (QED) is 0.942. The van der Waals surface area contributed by atoms with Crippen molar-refractivity contribution in [3.05, 3.63) is 35.6 Å². The molecule has 1 atom stereocenters. The van der Waals surface area contributed by atoms with E-state index >= 15 is 0 Å². The van der Waals surface area contributed by atoms with Crippen LogP contribution in [-0.2, 0) is 11.2 Å². The Morgan fingerprint density at radius 2 is 2.23 bits per heavy atom. The number of carboxylic acids is 1. The Hall–Kier alpha value is -2.30. The van der Waals surface area contributed by atoms with Gasteiger partial charge in [-0.3, -0.25) is 9.59 Å². The van der Waals surface area contributed by atoms with Crippen molar-refractivity contribution in [2.45, 2.75) is 38.6 Å². The van der Waals surface area contributed by atoms with Crippen molar-refractivity contribution in [1.82, 2.24) is 4.90 Å². The van der Waals surface area contributed by atoms with Crippen LogP contribution in [0, 0.1) is 0 Å². The lowest BCUT2D eigenvalue weighted by molar-refractivity contribution is -0.137. The van der Waals surface area contributed by atoms with E-state index in [2.05, 4.69) is 6.92 Å². The van der Waals surface area contributed by atoms with Crippen LogP contribution in [0.1, 0.15) is 42.1 Å². The molecule has 1 unspecified atom stereocenters. The second kappa shape index (κ2) is 5.83. The number of amides is 1. The van der Waals surface area contributed by atoms with E-state index in [9.17, 15) is 9.59 Å². The van der Waals surface area contributed by atoms with Crippen molar-refractivity contribution >= 4 is 22.8 Å². The van der Waals surface area contributed by atoms with Crippen molar-refractivity contribution in [2.75, 3.05) is 6.54 Å². The van der Waals surface area contributed by atoms with Gasteiger partial charge in [-0.05, 0) is 37.0 Å². The number of nitrogens with zero attached hydrogens (tertiary/aromatic N) is 1. The van der Waals surface area contributed by atoms with Gasteiger partial charge in [0.1, 0.15) is 11.8 Å². The molecule has 1 amide bonds. The highest BCUT2D eigenvalue weighted by Crippen LogP contribution is 2.28. The van der Waals surface area contributed by atoms with Gasteiger partial charge in [0.05, 0.1) is 12.0 Å². The number of aliphatic carboxylic acids is 1. The molecular formula is C17H19NO4. The highest BCUT2D eigenvalue weighted by Gasteiger charge is 2.32. The monoisotopic (exact) mass is 301 g/mol. The Balaban J connectivity index is 1.93. The Bertz CT molecular complexity index is 719. The van der Waals surface area contributed by atoms with Crippen molar-refractivity contribution < 1.29 is 19.1 Å². The van der Waals surface area contributed by atoms with Gasteiger partial charge in [0.15, 0.2) is 0 Å². The van der Waals surface area contributed by atoms with E-state index in [0.717, 1.165) is 30.2 Å². The molecule has 1 aliphatic heterocycles. The van der Waals surface area contributed by atoms with Gasteiger partial charge in [0.2, 0.25) is 0 Å². The molecule has 5 nitrogen and oxygen atoms in total. The summed E-state index contributed by atoms with van der Waals surface area (Å²) in [7, 11) is 0. The predicted octanol–water partition coefficient (Wildman–Crippen LogP) is 3.07. The number of carbonyl (C=O) groups is 2. The Kier molecular flexibility index (Phi) is 3.88. The average molecular weight is 301 g/mol. The number of carbonyl (C=O) groups excluding carboxylic acids is 1. The largest absolute Gasteiger partial charge is 0.481 e. The van der Waals surface area contributed by atoms with Crippen LogP contribution in [0.5, 0.6) is 0 Å². The van der Waals surface area contributed by atoms with E-state index in [1.54, 1.807) is 4.90 Å². The zero-order chi connectivity index (χ0) is 15.7. The van der Waals surface area contributed by atoms with Gasteiger partial charge in [0.25, 0.3) is 5.91 Å². The Morgan fingerprint density at radius 3 is 2.95 bits per heavy atom. The molecule has 0 saturated carbocycles. The molecule has 1 saturated heterocycles. The fourth-order valence-electron chi connectivity index (χ4n) is 3.13. The van der Waals surface area contributed by atoms with E-state index in [1.165, 1.54) is 6.26 Å². The molecule has 22 heavy (non-hydrogen) atoms. The van der Waals surface area contributed by atoms with Gasteiger partial charge in [-0.2, -0.15) is 0 Å². The van der Waals surface area contributed by atoms with Crippen molar-refractivity contribution in [3.63, 3.8) is 0 Å². The maximum absolute atomic E-state index is 12.8. The number of likely N-dealkylation sites (tertiary alicyclic amines) is 1. The van der Waals surface area contributed by atoms with E-state index in [-0.39, 0.29) is 18.4 Å². The molecule has 3 rings (SSSR count). The molecule has 1 aromatic heterocycles. The number of benzene rings is 1. The number of furan rings is 1. The first-order chi connectivity index (χ1) is 10.6. The van der Waals surface area contributed by atoms with Gasteiger partial charge >= 0.3 is 5.97 Å². The highest BCUT2D eigenvalue weighted by atomic mass is 16.4. The topological polar surface area (TPSA) is 70.8 Å². The first-order valence-corrected chi connectivity index (χ1v) is 7.63. The van der Waals surface area contributed by atoms with Crippen LogP contribution < -0.4 is 0 Å². The molecule has 1 N–H and O–H groups in total. The number of rotatable bonds is 4. The SMILES string of the molecule is CCc1ccc2occ(C(=O)N3CCCC3CC(=O)O)c2c1. The molecule has 1 aromatic carbocycles. The standard InChI is InChI=1S/C17H19NO4/c1-2-11-5-6-15-13(8-11)14(10-22-15)17(21)18-7-3-4-12(18)9-16(19)20/h5-6,8,10,12H,2-4,7,9H2,1H3,(H,19,20). The van der Waals surface area contributed by atoms with Crippen molar-refractivity contribution in [1.29, 1.82) is 0 Å². The molecule has 0 radical (unpaired) electrons. The minimum absolute atomic E-state index is 0.00172. The molecule has 0 bridgehead atoms. The zero-order valence-corrected chi connectivity index (χ0v) is 12.5. The van der Waals surface area contributed by atoms with Crippen molar-refractivity contribution in [3.8, 4) is 0 Å². The summed E-state index contributed by atoms with van der Waals surface area (Å²) in [5.41, 5.74) is 2.36. The number of carboxylic acid groups (broad SMARTS) is 1. The van der Waals surface area contributed by atoms with Crippen LogP contribution >= 0.6 is 0 Å². The van der Waals surface area contributed by atoms with Crippen LogP contribution in [0.3, 0.4) is 0 Å². The predicted molar refractivity (Wildman–Crippen MR) is 81.9 cm³/mol. The summed E-state index contributed by atoms with van der Waals surface area (Å²) in [5, 5.41) is 9.80. The van der Waals surface area contributed by atoms with E-state index in [4.69, 9.17) is 9.52 Å². The lowest BCUT2D eigenvalue weighted by Gasteiger charge is -2.23. The summed E-state index contributed by atoms with van der Waals surface area (Å²) in [4.78, 5) is 25.4. The summed E-state index contributed by atoms with van der Waals surface area (Å²) in [5.74, 6) is -0.995. The third-order valence-electron chi connectivity index (χ3n) is 4.32. The van der Waals surface area contributed by atoms with Gasteiger partial charge in [-0.25, -0.2) is 0 Å². The van der Waals surface area contributed by atoms with Crippen LogP contribution in [0.15, 0.2) is 28.9 Å². The fourth-order valence-corrected chi connectivity index (χ4v) is 3.13. The average Bonchev–Trinajstić information content (AvgIpc) is 3.11. The molecule has 0 spiro atoms. The number of aryl methyl sites for hydroxylation is 1. The fraction of sp³-hybridized carbons (Fsp3) is 0.412. The second-order valence-corrected chi connectivity index (χ2v) is 5.73. The van der Waals surface area contributed by atoms with Gasteiger partial charge in [-0.1, -0.05) is 13.0 Å². The van der Waals surface area contributed by atoms with Crippen LogP contribution in [0.2, 0.25) is 0 Å². The van der Waals surface area contributed by atoms with Crippen molar-refractivity contribution in [2.24, 2.45) is 0 Å². The molecule has 0 aliphatic carbocycles. The van der Waals surface area contributed by atoms with Gasteiger partial charge < -0.3 is 14.4 Å². The first kappa shape index (κ1) is 14.6. The van der Waals surface area contributed by atoms with E-state index < -0.39 is 5.97 Å². The molecule has 1 fully saturated rings. The van der Waals surface area contributed by atoms with Crippen LogP contribution in [-0.4, -0.2) is 34.5 Å². The lowest BCUT2D eigenvalue weighted by Crippen LogP contribution is -2.36. The molecule has 2 aromatic rings. The molecule has 116 valence electrons. The van der Waals surface area contributed by atoms with Crippen LogP contribution in [0.4, 0.5) is 0 Å². The molecule has 2 heterocycles. The summed E-state index contributed by atoms with van der Waals surface area (Å²) in [6.07, 6.45) is 3.97. The first-order valence-electron chi connectivity index (χ1n) is 7.63. The summed E-state index contributed by atoms with van der Waals surface area (Å²) >= 11 is 0. The lowest BCUT2D eigenvalue weighted by atomic mass is 10.1. The smallest absolute Gasteiger partial charge is 0.305 e. The molecule has 1 aliphatic rings. The third-order valence-corrected chi connectivity index (χ3v) is 4.32. The van der Waals surface area contributed by atoms with E-state index in [0.29, 0.717) is 17.7 Å². The zero-order valence-electron chi connectivity index (χ0n) is 12.5. The number of hydrogen-bond acceptors (Lipinski definition) is 3. The maximum Gasteiger partial charge on any atom is 0.305 e. The minimum atomic E-state index is -0.866. The van der Waals surface area contributed by atoms with Crippen LogP contribution in [0.25, 0.3) is 11.0 Å². The minimum Gasteiger partial charge on any atom is -0.481 e. The molecule has 5 heteroatoms. The summed E-state index contributed by atoms with van der Waals surface area (Å²) in [6.45, 7) is 2.67. The second-order valence-electron chi connectivity index (χ2n) is 5.73.